The summed E-state index contributed by atoms with van der Waals surface area (Å²) in [6, 6.07) is 0. The van der Waals surface area contributed by atoms with Crippen LogP contribution in [0.1, 0.15) is 32.1 Å². The third kappa shape index (κ3) is 3.44. The monoisotopic (exact) mass is 226 g/mol. The van der Waals surface area contributed by atoms with Gasteiger partial charge in [0.1, 0.15) is 0 Å². The summed E-state index contributed by atoms with van der Waals surface area (Å²) < 4.78 is 6.00. The van der Waals surface area contributed by atoms with Gasteiger partial charge in [-0.05, 0) is 45.7 Å². The van der Waals surface area contributed by atoms with E-state index in [-0.39, 0.29) is 0 Å². The fraction of sp³-hybridized carbons (Fsp3) is 1.00. The van der Waals surface area contributed by atoms with E-state index < -0.39 is 0 Å². The lowest BCUT2D eigenvalue weighted by molar-refractivity contribution is 0.0241. The molecule has 2 atom stereocenters. The second-order valence-electron chi connectivity index (χ2n) is 5.53. The summed E-state index contributed by atoms with van der Waals surface area (Å²) in [5, 5.41) is 3.20. The van der Waals surface area contributed by atoms with Crippen molar-refractivity contribution in [1.29, 1.82) is 0 Å². The smallest absolute Gasteiger partial charge is 0.0707 e. The second kappa shape index (κ2) is 5.99. The number of likely N-dealkylation sites (N-methyl/N-ethyl adjacent to an activating group) is 2. The minimum atomic E-state index is 0.451. The van der Waals surface area contributed by atoms with Crippen LogP contribution in [0, 0.1) is 5.92 Å². The Morgan fingerprint density at radius 1 is 1.12 bits per heavy atom. The summed E-state index contributed by atoms with van der Waals surface area (Å²) in [7, 11) is 4.24. The minimum Gasteiger partial charge on any atom is -0.372 e. The number of hydrogen-bond acceptors (Lipinski definition) is 3. The molecule has 0 aromatic heterocycles. The van der Waals surface area contributed by atoms with Gasteiger partial charge in [-0.25, -0.2) is 0 Å². The van der Waals surface area contributed by atoms with Crippen LogP contribution in [0.2, 0.25) is 0 Å². The molecule has 1 saturated carbocycles. The minimum absolute atomic E-state index is 0.451. The van der Waals surface area contributed by atoms with E-state index in [0.29, 0.717) is 12.2 Å². The first-order chi connectivity index (χ1) is 7.78. The van der Waals surface area contributed by atoms with Crippen molar-refractivity contribution in [2.24, 2.45) is 5.92 Å². The molecule has 1 N–H and O–H groups in total. The first-order valence-electron chi connectivity index (χ1n) is 6.76. The van der Waals surface area contributed by atoms with Gasteiger partial charge in [0.2, 0.25) is 0 Å². The Balaban J connectivity index is 1.61. The lowest BCUT2D eigenvalue weighted by Gasteiger charge is -2.31. The third-order valence-corrected chi connectivity index (χ3v) is 3.94. The molecule has 1 aliphatic carbocycles. The van der Waals surface area contributed by atoms with Crippen LogP contribution in [0.25, 0.3) is 0 Å². The van der Waals surface area contributed by atoms with Gasteiger partial charge in [-0.3, -0.25) is 0 Å². The van der Waals surface area contributed by atoms with Gasteiger partial charge in [-0.15, -0.1) is 0 Å². The van der Waals surface area contributed by atoms with Crippen molar-refractivity contribution < 1.29 is 4.74 Å². The molecule has 2 fully saturated rings. The van der Waals surface area contributed by atoms with Crippen molar-refractivity contribution in [1.82, 2.24) is 10.2 Å². The topological polar surface area (TPSA) is 24.5 Å². The van der Waals surface area contributed by atoms with Crippen molar-refractivity contribution in [3.8, 4) is 0 Å². The highest BCUT2D eigenvalue weighted by molar-refractivity contribution is 4.79. The predicted octanol–water partition coefficient (Wildman–Crippen LogP) is 1.49. The molecular formula is C13H26N2O. The van der Waals surface area contributed by atoms with E-state index in [0.717, 1.165) is 19.0 Å². The van der Waals surface area contributed by atoms with E-state index in [1.54, 1.807) is 0 Å². The molecule has 0 aromatic carbocycles. The fourth-order valence-corrected chi connectivity index (χ4v) is 2.83. The zero-order chi connectivity index (χ0) is 11.4. The van der Waals surface area contributed by atoms with Gasteiger partial charge < -0.3 is 15.0 Å². The number of ether oxygens (including phenoxy) is 1. The van der Waals surface area contributed by atoms with Crippen molar-refractivity contribution in [2.75, 3.05) is 33.7 Å². The summed E-state index contributed by atoms with van der Waals surface area (Å²) in [5.74, 6) is 0.972. The van der Waals surface area contributed by atoms with Crippen LogP contribution in [0.5, 0.6) is 0 Å². The van der Waals surface area contributed by atoms with Crippen LogP contribution in [0.3, 0.4) is 0 Å². The molecule has 3 heteroatoms. The molecule has 0 amide bonds. The lowest BCUT2D eigenvalue weighted by Crippen LogP contribution is -2.35. The Bertz CT molecular complexity index is 206. The van der Waals surface area contributed by atoms with E-state index in [2.05, 4.69) is 17.3 Å². The Morgan fingerprint density at radius 3 is 2.50 bits per heavy atom. The quantitative estimate of drug-likeness (QED) is 0.742. The SMILES string of the molecule is CNCC1CCC(CN(C)CC2CCC2)O1. The molecular weight excluding hydrogens is 200 g/mol. The van der Waals surface area contributed by atoms with Gasteiger partial charge in [0.25, 0.3) is 0 Å². The molecule has 0 bridgehead atoms. The normalized spacial score (nSPS) is 30.9. The zero-order valence-corrected chi connectivity index (χ0v) is 10.7. The molecule has 1 aliphatic heterocycles. The van der Waals surface area contributed by atoms with E-state index in [1.807, 2.05) is 7.05 Å². The van der Waals surface area contributed by atoms with Crippen molar-refractivity contribution in [3.05, 3.63) is 0 Å². The van der Waals surface area contributed by atoms with Crippen molar-refractivity contribution in [3.63, 3.8) is 0 Å². The van der Waals surface area contributed by atoms with Gasteiger partial charge in [0, 0.05) is 19.6 Å². The first kappa shape index (κ1) is 12.3. The largest absolute Gasteiger partial charge is 0.372 e. The molecule has 94 valence electrons. The van der Waals surface area contributed by atoms with Crippen molar-refractivity contribution >= 4 is 0 Å². The van der Waals surface area contributed by atoms with Gasteiger partial charge in [-0.1, -0.05) is 6.42 Å². The zero-order valence-electron chi connectivity index (χ0n) is 10.7. The summed E-state index contributed by atoms with van der Waals surface area (Å²) in [6.45, 7) is 3.40. The molecule has 2 aliphatic rings. The van der Waals surface area contributed by atoms with Gasteiger partial charge in [0.15, 0.2) is 0 Å². The van der Waals surface area contributed by atoms with Crippen LogP contribution in [0.4, 0.5) is 0 Å². The summed E-state index contributed by atoms with van der Waals surface area (Å²) >= 11 is 0. The van der Waals surface area contributed by atoms with Crippen LogP contribution in [-0.2, 0) is 4.74 Å². The molecule has 0 radical (unpaired) electrons. The summed E-state index contributed by atoms with van der Waals surface area (Å²) in [5.41, 5.74) is 0. The summed E-state index contributed by atoms with van der Waals surface area (Å²) in [4.78, 5) is 2.47. The summed E-state index contributed by atoms with van der Waals surface area (Å²) in [6.07, 6.45) is 7.72. The average molecular weight is 226 g/mol. The molecule has 1 heterocycles. The molecule has 1 saturated heterocycles. The van der Waals surface area contributed by atoms with Gasteiger partial charge in [0.05, 0.1) is 12.2 Å². The Kier molecular flexibility index (Phi) is 4.62. The Hall–Kier alpha value is -0.120. The van der Waals surface area contributed by atoms with Gasteiger partial charge in [-0.2, -0.15) is 0 Å². The molecule has 0 spiro atoms. The van der Waals surface area contributed by atoms with Crippen LogP contribution >= 0.6 is 0 Å². The third-order valence-electron chi connectivity index (χ3n) is 3.94. The Morgan fingerprint density at radius 2 is 1.88 bits per heavy atom. The molecule has 3 nitrogen and oxygen atoms in total. The van der Waals surface area contributed by atoms with Crippen LogP contribution in [-0.4, -0.2) is 50.8 Å². The second-order valence-corrected chi connectivity index (χ2v) is 5.53. The highest BCUT2D eigenvalue weighted by Gasteiger charge is 2.26. The number of hydrogen-bond donors (Lipinski definition) is 1. The fourth-order valence-electron chi connectivity index (χ4n) is 2.83. The number of rotatable bonds is 6. The highest BCUT2D eigenvalue weighted by atomic mass is 16.5. The van der Waals surface area contributed by atoms with Crippen molar-refractivity contribution in [2.45, 2.75) is 44.3 Å². The maximum Gasteiger partial charge on any atom is 0.0707 e. The van der Waals surface area contributed by atoms with Gasteiger partial charge >= 0.3 is 0 Å². The molecule has 0 aromatic rings. The van der Waals surface area contributed by atoms with Crippen LogP contribution < -0.4 is 5.32 Å². The van der Waals surface area contributed by atoms with E-state index >= 15 is 0 Å². The predicted molar refractivity (Wildman–Crippen MR) is 66.7 cm³/mol. The number of nitrogens with one attached hydrogen (secondary N) is 1. The maximum atomic E-state index is 6.00. The first-order valence-corrected chi connectivity index (χ1v) is 6.76. The molecule has 2 unspecified atom stereocenters. The maximum absolute atomic E-state index is 6.00. The number of nitrogens with zero attached hydrogens (tertiary/aromatic N) is 1. The lowest BCUT2D eigenvalue weighted by atomic mass is 9.85. The van der Waals surface area contributed by atoms with Crippen LogP contribution in [0.15, 0.2) is 0 Å². The average Bonchev–Trinajstić information content (AvgIpc) is 2.60. The van der Waals surface area contributed by atoms with E-state index in [4.69, 9.17) is 4.74 Å². The van der Waals surface area contributed by atoms with E-state index in [1.165, 1.54) is 38.6 Å². The highest BCUT2D eigenvalue weighted by Crippen LogP contribution is 2.27. The molecule has 16 heavy (non-hydrogen) atoms. The van der Waals surface area contributed by atoms with E-state index in [9.17, 15) is 0 Å². The Labute approximate surface area is 99.5 Å². The molecule has 2 rings (SSSR count). The standard InChI is InChI=1S/C13H26N2O/c1-14-8-12-6-7-13(16-12)10-15(2)9-11-4-3-5-11/h11-14H,3-10H2,1-2H3.